The van der Waals surface area contributed by atoms with Gasteiger partial charge in [0.25, 0.3) is 0 Å². The quantitative estimate of drug-likeness (QED) is 0.357. The van der Waals surface area contributed by atoms with Gasteiger partial charge in [0.2, 0.25) is 0 Å². The molecule has 0 spiro atoms. The molecule has 1 saturated heterocycles. The van der Waals surface area contributed by atoms with Crippen LogP contribution in [-0.2, 0) is 4.74 Å². The normalized spacial score (nSPS) is 35.0. The minimum atomic E-state index is 0.668. The number of rotatable bonds is 6. The first kappa shape index (κ1) is 10.2. The molecule has 2 fully saturated rings. The summed E-state index contributed by atoms with van der Waals surface area (Å²) in [4.78, 5) is 0. The second-order valence-electron chi connectivity index (χ2n) is 4.82. The van der Waals surface area contributed by atoms with Crippen LogP contribution in [0.3, 0.4) is 0 Å². The van der Waals surface area contributed by atoms with E-state index in [4.69, 9.17) is 4.74 Å². The minimum absolute atomic E-state index is 0.668. The van der Waals surface area contributed by atoms with E-state index >= 15 is 0 Å². The summed E-state index contributed by atoms with van der Waals surface area (Å²) >= 11 is 0. The second kappa shape index (κ2) is 4.97. The highest BCUT2D eigenvalue weighted by atomic mass is 16.6. The maximum Gasteiger partial charge on any atom is 0.0844 e. The molecule has 14 heavy (non-hydrogen) atoms. The summed E-state index contributed by atoms with van der Waals surface area (Å²) in [6.45, 7) is 3.75. The van der Waals surface area contributed by atoms with E-state index in [9.17, 15) is 0 Å². The molecule has 1 nitrogen and oxygen atoms in total. The van der Waals surface area contributed by atoms with Crippen LogP contribution in [0.4, 0.5) is 0 Å². The Morgan fingerprint density at radius 3 is 2.86 bits per heavy atom. The van der Waals surface area contributed by atoms with Crippen molar-refractivity contribution in [2.75, 3.05) is 0 Å². The first-order valence-electron chi connectivity index (χ1n) is 6.16. The minimum Gasteiger partial charge on any atom is -0.370 e. The average Bonchev–Trinajstić information content (AvgIpc) is 2.95. The summed E-state index contributed by atoms with van der Waals surface area (Å²) in [7, 11) is 0. The SMILES string of the molecule is C=CCCCCCC1CCC2OC2C1. The van der Waals surface area contributed by atoms with Crippen LogP contribution in [-0.4, -0.2) is 12.2 Å². The summed E-state index contributed by atoms with van der Waals surface area (Å²) in [6.07, 6.45) is 14.2. The van der Waals surface area contributed by atoms with E-state index in [1.54, 1.807) is 0 Å². The molecular weight excluding hydrogens is 172 g/mol. The maximum atomic E-state index is 5.54. The predicted molar refractivity (Wildman–Crippen MR) is 59.3 cm³/mol. The predicted octanol–water partition coefficient (Wildman–Crippen LogP) is 3.69. The molecule has 1 aliphatic heterocycles. The van der Waals surface area contributed by atoms with Crippen molar-refractivity contribution in [2.45, 2.75) is 63.6 Å². The summed E-state index contributed by atoms with van der Waals surface area (Å²) in [5, 5.41) is 0. The molecule has 0 amide bonds. The number of ether oxygens (including phenoxy) is 1. The van der Waals surface area contributed by atoms with Gasteiger partial charge in [0, 0.05) is 0 Å². The Bertz CT molecular complexity index is 188. The lowest BCUT2D eigenvalue weighted by molar-refractivity contribution is 0.344. The lowest BCUT2D eigenvalue weighted by Crippen LogP contribution is -2.13. The van der Waals surface area contributed by atoms with Gasteiger partial charge in [-0.1, -0.05) is 25.3 Å². The molecule has 0 aromatic rings. The zero-order valence-electron chi connectivity index (χ0n) is 9.08. The van der Waals surface area contributed by atoms with Gasteiger partial charge in [-0.05, 0) is 38.0 Å². The first-order chi connectivity index (χ1) is 6.90. The monoisotopic (exact) mass is 194 g/mol. The molecule has 0 radical (unpaired) electrons. The molecule has 3 atom stereocenters. The Morgan fingerprint density at radius 1 is 1.14 bits per heavy atom. The Kier molecular flexibility index (Phi) is 3.63. The zero-order valence-corrected chi connectivity index (χ0v) is 9.08. The van der Waals surface area contributed by atoms with Crippen molar-refractivity contribution in [1.82, 2.24) is 0 Å². The summed E-state index contributed by atoms with van der Waals surface area (Å²) in [5.74, 6) is 0.975. The highest BCUT2D eigenvalue weighted by molar-refractivity contribution is 4.91. The van der Waals surface area contributed by atoms with Crippen LogP contribution in [0.5, 0.6) is 0 Å². The van der Waals surface area contributed by atoms with Crippen molar-refractivity contribution in [3.63, 3.8) is 0 Å². The van der Waals surface area contributed by atoms with E-state index in [1.807, 2.05) is 6.08 Å². The van der Waals surface area contributed by atoms with Crippen molar-refractivity contribution in [1.29, 1.82) is 0 Å². The summed E-state index contributed by atoms with van der Waals surface area (Å²) in [6, 6.07) is 0. The van der Waals surface area contributed by atoms with Gasteiger partial charge in [-0.15, -0.1) is 6.58 Å². The number of epoxide rings is 1. The van der Waals surface area contributed by atoms with Crippen LogP contribution < -0.4 is 0 Å². The molecular formula is C13H22O. The Hall–Kier alpha value is -0.300. The van der Waals surface area contributed by atoms with E-state index in [0.29, 0.717) is 12.2 Å². The van der Waals surface area contributed by atoms with Gasteiger partial charge >= 0.3 is 0 Å². The van der Waals surface area contributed by atoms with Crippen molar-refractivity contribution in [2.24, 2.45) is 5.92 Å². The van der Waals surface area contributed by atoms with Gasteiger partial charge < -0.3 is 4.74 Å². The van der Waals surface area contributed by atoms with Crippen LogP contribution in [0.1, 0.15) is 51.4 Å². The average molecular weight is 194 g/mol. The number of allylic oxidation sites excluding steroid dienone is 1. The standard InChI is InChI=1S/C13H22O/c1-2-3-4-5-6-7-11-8-9-12-13(10-11)14-12/h2,11-13H,1,3-10H2. The van der Waals surface area contributed by atoms with E-state index in [-0.39, 0.29) is 0 Å². The molecule has 0 N–H and O–H groups in total. The number of fused-ring (bicyclic) bond motifs is 1. The number of unbranched alkanes of at least 4 members (excludes halogenated alkanes) is 3. The van der Waals surface area contributed by atoms with Crippen LogP contribution >= 0.6 is 0 Å². The van der Waals surface area contributed by atoms with Crippen molar-refractivity contribution in [3.8, 4) is 0 Å². The summed E-state index contributed by atoms with van der Waals surface area (Å²) < 4.78 is 5.54. The molecule has 1 heteroatoms. The largest absolute Gasteiger partial charge is 0.370 e. The summed E-state index contributed by atoms with van der Waals surface area (Å²) in [5.41, 5.74) is 0. The van der Waals surface area contributed by atoms with Crippen LogP contribution in [0, 0.1) is 5.92 Å². The third-order valence-corrected chi connectivity index (χ3v) is 3.63. The smallest absolute Gasteiger partial charge is 0.0844 e. The molecule has 2 aliphatic rings. The van der Waals surface area contributed by atoms with E-state index < -0.39 is 0 Å². The van der Waals surface area contributed by atoms with E-state index in [2.05, 4.69) is 6.58 Å². The topological polar surface area (TPSA) is 12.5 Å². The Morgan fingerprint density at radius 2 is 2.07 bits per heavy atom. The molecule has 1 aliphatic carbocycles. The van der Waals surface area contributed by atoms with Gasteiger partial charge in [-0.2, -0.15) is 0 Å². The Balaban J connectivity index is 1.50. The number of hydrogen-bond acceptors (Lipinski definition) is 1. The third-order valence-electron chi connectivity index (χ3n) is 3.63. The van der Waals surface area contributed by atoms with E-state index in [0.717, 1.165) is 5.92 Å². The Labute approximate surface area is 87.5 Å². The second-order valence-corrected chi connectivity index (χ2v) is 4.82. The fourth-order valence-corrected chi connectivity index (χ4v) is 2.65. The van der Waals surface area contributed by atoms with Gasteiger partial charge in [-0.3, -0.25) is 0 Å². The van der Waals surface area contributed by atoms with Crippen molar-refractivity contribution >= 4 is 0 Å². The van der Waals surface area contributed by atoms with E-state index in [1.165, 1.54) is 51.4 Å². The molecule has 0 aromatic heterocycles. The lowest BCUT2D eigenvalue weighted by Gasteiger charge is -2.18. The fraction of sp³-hybridized carbons (Fsp3) is 0.846. The molecule has 3 unspecified atom stereocenters. The highest BCUT2D eigenvalue weighted by Gasteiger charge is 2.43. The van der Waals surface area contributed by atoms with Gasteiger partial charge in [0.15, 0.2) is 0 Å². The fourth-order valence-electron chi connectivity index (χ4n) is 2.65. The molecule has 80 valence electrons. The van der Waals surface area contributed by atoms with Gasteiger partial charge in [-0.25, -0.2) is 0 Å². The number of hydrogen-bond donors (Lipinski definition) is 0. The molecule has 1 saturated carbocycles. The molecule has 1 heterocycles. The van der Waals surface area contributed by atoms with Gasteiger partial charge in [0.05, 0.1) is 12.2 Å². The zero-order chi connectivity index (χ0) is 9.80. The maximum absolute atomic E-state index is 5.54. The van der Waals surface area contributed by atoms with Crippen molar-refractivity contribution in [3.05, 3.63) is 12.7 Å². The molecule has 2 rings (SSSR count). The molecule has 0 bridgehead atoms. The van der Waals surface area contributed by atoms with Crippen LogP contribution in [0.25, 0.3) is 0 Å². The lowest BCUT2D eigenvalue weighted by atomic mass is 9.85. The first-order valence-corrected chi connectivity index (χ1v) is 6.16. The van der Waals surface area contributed by atoms with Gasteiger partial charge in [0.1, 0.15) is 0 Å². The molecule has 0 aromatic carbocycles. The van der Waals surface area contributed by atoms with Crippen molar-refractivity contribution < 1.29 is 4.74 Å². The van der Waals surface area contributed by atoms with Crippen LogP contribution in [0.15, 0.2) is 12.7 Å². The highest BCUT2D eigenvalue weighted by Crippen LogP contribution is 2.41. The third kappa shape index (κ3) is 2.84. The van der Waals surface area contributed by atoms with Crippen LogP contribution in [0.2, 0.25) is 0 Å².